The van der Waals surface area contributed by atoms with Gasteiger partial charge in [0.1, 0.15) is 0 Å². The van der Waals surface area contributed by atoms with Crippen molar-refractivity contribution in [2.24, 2.45) is 7.05 Å². The monoisotopic (exact) mass is 311 g/mol. The van der Waals surface area contributed by atoms with Crippen LogP contribution in [0.4, 0.5) is 0 Å². The summed E-state index contributed by atoms with van der Waals surface area (Å²) in [6, 6.07) is 8.22. The summed E-state index contributed by atoms with van der Waals surface area (Å²) in [6.45, 7) is 3.02. The molecule has 1 N–H and O–H groups in total. The molecule has 0 aliphatic heterocycles. The lowest BCUT2D eigenvalue weighted by atomic mass is 10.2. The fraction of sp³-hybridized carbons (Fsp3) is 0.462. The van der Waals surface area contributed by atoms with Crippen molar-refractivity contribution in [3.05, 3.63) is 35.1 Å². The van der Waals surface area contributed by atoms with Gasteiger partial charge >= 0.3 is 0 Å². The number of halogens is 1. The molecule has 0 aliphatic rings. The first-order chi connectivity index (χ1) is 9.67. The fourth-order valence-corrected chi connectivity index (χ4v) is 3.13. The molecule has 0 amide bonds. The van der Waals surface area contributed by atoms with Gasteiger partial charge in [0, 0.05) is 28.1 Å². The van der Waals surface area contributed by atoms with Crippen LogP contribution in [0.3, 0.4) is 0 Å². The van der Waals surface area contributed by atoms with Gasteiger partial charge in [0.15, 0.2) is 5.82 Å². The highest BCUT2D eigenvalue weighted by molar-refractivity contribution is 7.99. The molecule has 1 aromatic carbocycles. The second-order valence-electron chi connectivity index (χ2n) is 4.42. The summed E-state index contributed by atoms with van der Waals surface area (Å²) >= 11 is 7.77. The number of hydrogen-bond donors (Lipinski definition) is 1. The van der Waals surface area contributed by atoms with Gasteiger partial charge in [-0.15, -0.1) is 22.0 Å². The Morgan fingerprint density at radius 3 is 2.95 bits per heavy atom. The van der Waals surface area contributed by atoms with E-state index in [0.717, 1.165) is 29.6 Å². The summed E-state index contributed by atoms with van der Waals surface area (Å²) in [6.07, 6.45) is 0.773. The van der Waals surface area contributed by atoms with Gasteiger partial charge < -0.3 is 5.32 Å². The quantitative estimate of drug-likeness (QED) is 0.794. The summed E-state index contributed by atoms with van der Waals surface area (Å²) in [7, 11) is 1.78. The Labute approximate surface area is 128 Å². The highest BCUT2D eigenvalue weighted by Gasteiger charge is 2.12. The second kappa shape index (κ2) is 7.61. The van der Waals surface area contributed by atoms with E-state index < -0.39 is 0 Å². The van der Waals surface area contributed by atoms with Crippen molar-refractivity contribution in [1.82, 2.24) is 25.5 Å². The first kappa shape index (κ1) is 15.3. The van der Waals surface area contributed by atoms with E-state index in [2.05, 4.69) is 33.7 Å². The molecule has 0 radical (unpaired) electrons. The third kappa shape index (κ3) is 4.77. The minimum absolute atomic E-state index is 0.313. The number of aromatic nitrogens is 4. The molecule has 0 saturated heterocycles. The van der Waals surface area contributed by atoms with Crippen LogP contribution < -0.4 is 5.32 Å². The highest BCUT2D eigenvalue weighted by Crippen LogP contribution is 2.22. The van der Waals surface area contributed by atoms with Crippen molar-refractivity contribution in [3.8, 4) is 0 Å². The maximum Gasteiger partial charge on any atom is 0.176 e. The van der Waals surface area contributed by atoms with Crippen LogP contribution in [-0.2, 0) is 13.5 Å². The summed E-state index contributed by atoms with van der Waals surface area (Å²) in [4.78, 5) is 2.66. The van der Waals surface area contributed by atoms with Gasteiger partial charge in [0.05, 0.1) is 7.05 Å². The Morgan fingerprint density at radius 1 is 1.45 bits per heavy atom. The molecule has 20 heavy (non-hydrogen) atoms. The normalized spacial score (nSPS) is 12.6. The van der Waals surface area contributed by atoms with Crippen molar-refractivity contribution in [1.29, 1.82) is 0 Å². The number of hydrogen-bond acceptors (Lipinski definition) is 5. The minimum atomic E-state index is 0.313. The molecule has 108 valence electrons. The maximum atomic E-state index is 5.99. The number of nitrogens with zero attached hydrogens (tertiary/aromatic N) is 4. The van der Waals surface area contributed by atoms with Crippen LogP contribution in [0.5, 0.6) is 0 Å². The molecule has 2 rings (SSSR count). The van der Waals surface area contributed by atoms with E-state index in [4.69, 9.17) is 11.6 Å². The average Bonchev–Trinajstić information content (AvgIpc) is 2.82. The lowest BCUT2D eigenvalue weighted by Crippen LogP contribution is -2.33. The second-order valence-corrected chi connectivity index (χ2v) is 5.95. The first-order valence-electron chi connectivity index (χ1n) is 6.52. The van der Waals surface area contributed by atoms with E-state index in [1.807, 2.05) is 18.2 Å². The summed E-state index contributed by atoms with van der Waals surface area (Å²) in [5.41, 5.74) is 0. The largest absolute Gasteiger partial charge is 0.313 e. The zero-order chi connectivity index (χ0) is 14.4. The molecule has 0 fully saturated rings. The number of rotatable bonds is 7. The number of nitrogens with one attached hydrogen (secondary N) is 1. The molecule has 1 aromatic heterocycles. The summed E-state index contributed by atoms with van der Waals surface area (Å²) in [5.74, 6) is 1.71. The lowest BCUT2D eigenvalue weighted by Gasteiger charge is -2.15. The van der Waals surface area contributed by atoms with Crippen molar-refractivity contribution in [3.63, 3.8) is 0 Å². The summed E-state index contributed by atoms with van der Waals surface area (Å²) < 4.78 is 0. The van der Waals surface area contributed by atoms with Crippen molar-refractivity contribution >= 4 is 23.4 Å². The van der Waals surface area contributed by atoms with Gasteiger partial charge in [-0.1, -0.05) is 24.6 Å². The topological polar surface area (TPSA) is 55.6 Å². The van der Waals surface area contributed by atoms with E-state index in [-0.39, 0.29) is 0 Å². The Hall–Kier alpha value is -1.11. The molecule has 2 aromatic rings. The Balaban J connectivity index is 1.91. The van der Waals surface area contributed by atoms with Crippen LogP contribution in [0.15, 0.2) is 29.2 Å². The Morgan fingerprint density at radius 2 is 2.30 bits per heavy atom. The summed E-state index contributed by atoms with van der Waals surface area (Å²) in [5, 5.41) is 16.4. The third-order valence-corrected chi connectivity index (χ3v) is 4.11. The SMILES string of the molecule is CCNC(CSc1cccc(Cl)c1)Cc1nnn(C)n1. The van der Waals surface area contributed by atoms with Gasteiger partial charge in [-0.05, 0) is 30.0 Å². The average molecular weight is 312 g/mol. The molecule has 1 unspecified atom stereocenters. The first-order valence-corrected chi connectivity index (χ1v) is 7.88. The van der Waals surface area contributed by atoms with Crippen LogP contribution in [-0.4, -0.2) is 38.5 Å². The predicted octanol–water partition coefficient (Wildman–Crippen LogP) is 2.18. The number of aryl methyl sites for hydroxylation is 1. The van der Waals surface area contributed by atoms with Gasteiger partial charge in [-0.2, -0.15) is 4.80 Å². The number of benzene rings is 1. The molecule has 0 saturated carbocycles. The Bertz CT molecular complexity index is 545. The zero-order valence-corrected chi connectivity index (χ0v) is 13.2. The van der Waals surface area contributed by atoms with Crippen LogP contribution in [0.1, 0.15) is 12.7 Å². The molecule has 5 nitrogen and oxygen atoms in total. The predicted molar refractivity (Wildman–Crippen MR) is 82.1 cm³/mol. The fourth-order valence-electron chi connectivity index (χ4n) is 1.86. The standard InChI is InChI=1S/C13H18ClN5S/c1-3-15-11(8-13-16-18-19(2)17-13)9-20-12-6-4-5-10(14)7-12/h4-7,11,15H,3,8-9H2,1-2H3. The van der Waals surface area contributed by atoms with Gasteiger partial charge in [0.25, 0.3) is 0 Å². The van der Waals surface area contributed by atoms with Crippen molar-refractivity contribution < 1.29 is 0 Å². The maximum absolute atomic E-state index is 5.99. The highest BCUT2D eigenvalue weighted by atomic mass is 35.5. The number of likely N-dealkylation sites (N-methyl/N-ethyl adjacent to an activating group) is 1. The number of thioether (sulfide) groups is 1. The van der Waals surface area contributed by atoms with Crippen LogP contribution in [0.2, 0.25) is 5.02 Å². The minimum Gasteiger partial charge on any atom is -0.313 e. The lowest BCUT2D eigenvalue weighted by molar-refractivity contribution is 0.556. The molecule has 0 spiro atoms. The smallest absolute Gasteiger partial charge is 0.176 e. The molecule has 0 aliphatic carbocycles. The molecule has 1 heterocycles. The van der Waals surface area contributed by atoms with Gasteiger partial charge in [-0.3, -0.25) is 0 Å². The molecular formula is C13H18ClN5S. The number of tetrazole rings is 1. The van der Waals surface area contributed by atoms with Crippen molar-refractivity contribution in [2.45, 2.75) is 24.3 Å². The van der Waals surface area contributed by atoms with E-state index in [1.54, 1.807) is 18.8 Å². The van der Waals surface area contributed by atoms with Crippen LogP contribution in [0, 0.1) is 0 Å². The van der Waals surface area contributed by atoms with E-state index in [9.17, 15) is 0 Å². The van der Waals surface area contributed by atoms with Crippen LogP contribution >= 0.6 is 23.4 Å². The van der Waals surface area contributed by atoms with E-state index in [1.165, 1.54) is 9.69 Å². The van der Waals surface area contributed by atoms with E-state index >= 15 is 0 Å². The third-order valence-electron chi connectivity index (χ3n) is 2.72. The van der Waals surface area contributed by atoms with Gasteiger partial charge in [-0.25, -0.2) is 0 Å². The Kier molecular flexibility index (Phi) is 5.82. The molecule has 1 atom stereocenters. The molecular weight excluding hydrogens is 294 g/mol. The van der Waals surface area contributed by atoms with Crippen molar-refractivity contribution in [2.75, 3.05) is 12.3 Å². The van der Waals surface area contributed by atoms with Gasteiger partial charge in [0.2, 0.25) is 0 Å². The molecule has 7 heteroatoms. The molecule has 0 bridgehead atoms. The van der Waals surface area contributed by atoms with Crippen LogP contribution in [0.25, 0.3) is 0 Å². The zero-order valence-electron chi connectivity index (χ0n) is 11.6. The van der Waals surface area contributed by atoms with E-state index in [0.29, 0.717) is 6.04 Å².